The lowest BCUT2D eigenvalue weighted by Crippen LogP contribution is -2.32. The lowest BCUT2D eigenvalue weighted by molar-refractivity contribution is -0.118. The van der Waals surface area contributed by atoms with Crippen molar-refractivity contribution >= 4 is 11.6 Å². The van der Waals surface area contributed by atoms with E-state index in [9.17, 15) is 4.79 Å². The summed E-state index contributed by atoms with van der Waals surface area (Å²) in [5.41, 5.74) is 5.40. The Morgan fingerprint density at radius 3 is 2.36 bits per heavy atom. The maximum absolute atomic E-state index is 12.3. The van der Waals surface area contributed by atoms with Gasteiger partial charge < -0.3 is 10.1 Å². The van der Waals surface area contributed by atoms with Crippen molar-refractivity contribution in [1.29, 1.82) is 0 Å². The highest BCUT2D eigenvalue weighted by Gasteiger charge is 2.15. The van der Waals surface area contributed by atoms with Crippen molar-refractivity contribution in [3.05, 3.63) is 58.7 Å². The number of nitrogens with zero attached hydrogens (tertiary/aromatic N) is 1. The smallest absolute Gasteiger partial charge is 0.262 e. The lowest BCUT2D eigenvalue weighted by Gasteiger charge is -2.30. The molecule has 1 fully saturated rings. The maximum Gasteiger partial charge on any atom is 0.262 e. The molecule has 0 atom stereocenters. The molecular formula is C24H32N2O2. The van der Waals surface area contributed by atoms with E-state index in [1.165, 1.54) is 37.1 Å². The molecule has 0 radical (unpaired) electrons. The van der Waals surface area contributed by atoms with Gasteiger partial charge in [-0.1, -0.05) is 31.2 Å². The van der Waals surface area contributed by atoms with Gasteiger partial charge in [0.1, 0.15) is 5.75 Å². The van der Waals surface area contributed by atoms with Crippen LogP contribution in [0.15, 0.2) is 36.4 Å². The normalized spacial score (nSPS) is 15.4. The first-order chi connectivity index (χ1) is 13.4. The molecule has 1 amide bonds. The third-order valence-corrected chi connectivity index (χ3v) is 5.74. The summed E-state index contributed by atoms with van der Waals surface area (Å²) in [6.45, 7) is 11.8. The van der Waals surface area contributed by atoms with Gasteiger partial charge in [-0.15, -0.1) is 0 Å². The Morgan fingerprint density at radius 2 is 1.68 bits per heavy atom. The summed E-state index contributed by atoms with van der Waals surface area (Å²) in [7, 11) is 0. The maximum atomic E-state index is 12.3. The van der Waals surface area contributed by atoms with Crippen LogP contribution in [0.1, 0.15) is 42.0 Å². The molecular weight excluding hydrogens is 348 g/mol. The standard InChI is InChI=1S/C24H32N2O2/c1-17-11-13-26(14-12-17)15-21-7-9-22(10-8-21)25-23(27)16-28-24-19(3)6-5-18(2)20(24)4/h5-10,17H,11-16H2,1-4H3,(H,25,27). The van der Waals surface area contributed by atoms with Gasteiger partial charge in [0.15, 0.2) is 6.61 Å². The van der Waals surface area contributed by atoms with Crippen LogP contribution in [0.4, 0.5) is 5.69 Å². The van der Waals surface area contributed by atoms with E-state index in [1.54, 1.807) is 0 Å². The second-order valence-electron chi connectivity index (χ2n) is 8.15. The first kappa shape index (κ1) is 20.4. The zero-order chi connectivity index (χ0) is 20.1. The average molecular weight is 381 g/mol. The van der Waals surface area contributed by atoms with Crippen molar-refractivity contribution < 1.29 is 9.53 Å². The quantitative estimate of drug-likeness (QED) is 0.778. The number of benzene rings is 2. The number of likely N-dealkylation sites (tertiary alicyclic amines) is 1. The fraction of sp³-hybridized carbons (Fsp3) is 0.458. The molecule has 1 saturated heterocycles. The molecule has 2 aromatic carbocycles. The molecule has 4 heteroatoms. The number of anilines is 1. The molecule has 0 unspecified atom stereocenters. The molecule has 0 spiro atoms. The van der Waals surface area contributed by atoms with Crippen LogP contribution in [0.2, 0.25) is 0 Å². The number of hydrogen-bond acceptors (Lipinski definition) is 3. The van der Waals surface area contributed by atoms with E-state index in [0.29, 0.717) is 0 Å². The molecule has 0 saturated carbocycles. The first-order valence-electron chi connectivity index (χ1n) is 10.2. The summed E-state index contributed by atoms with van der Waals surface area (Å²) in [5, 5.41) is 2.92. The predicted molar refractivity (Wildman–Crippen MR) is 115 cm³/mol. The van der Waals surface area contributed by atoms with Gasteiger partial charge in [-0.25, -0.2) is 0 Å². The van der Waals surface area contributed by atoms with Gasteiger partial charge in [0.2, 0.25) is 0 Å². The van der Waals surface area contributed by atoms with Crippen molar-refractivity contribution in [3.63, 3.8) is 0 Å². The molecule has 28 heavy (non-hydrogen) atoms. The van der Waals surface area contributed by atoms with E-state index >= 15 is 0 Å². The highest BCUT2D eigenvalue weighted by atomic mass is 16.5. The van der Waals surface area contributed by atoms with Gasteiger partial charge in [-0.05, 0) is 87.0 Å². The van der Waals surface area contributed by atoms with Crippen LogP contribution >= 0.6 is 0 Å². The molecule has 4 nitrogen and oxygen atoms in total. The number of carbonyl (C=O) groups is 1. The molecule has 0 aromatic heterocycles. The highest BCUT2D eigenvalue weighted by Crippen LogP contribution is 2.25. The lowest BCUT2D eigenvalue weighted by atomic mass is 9.99. The average Bonchev–Trinajstić information content (AvgIpc) is 2.68. The van der Waals surface area contributed by atoms with Crippen LogP contribution < -0.4 is 10.1 Å². The van der Waals surface area contributed by atoms with Crippen molar-refractivity contribution in [1.82, 2.24) is 4.90 Å². The number of carbonyl (C=O) groups excluding carboxylic acids is 1. The Morgan fingerprint density at radius 1 is 1.04 bits per heavy atom. The van der Waals surface area contributed by atoms with E-state index < -0.39 is 0 Å². The van der Waals surface area contributed by atoms with E-state index in [-0.39, 0.29) is 12.5 Å². The van der Waals surface area contributed by atoms with Crippen LogP contribution in [0.25, 0.3) is 0 Å². The highest BCUT2D eigenvalue weighted by molar-refractivity contribution is 5.91. The summed E-state index contributed by atoms with van der Waals surface area (Å²) in [6, 6.07) is 12.2. The van der Waals surface area contributed by atoms with Crippen LogP contribution in [-0.2, 0) is 11.3 Å². The van der Waals surface area contributed by atoms with Crippen molar-refractivity contribution in [2.75, 3.05) is 25.0 Å². The largest absolute Gasteiger partial charge is 0.483 e. The number of piperidine rings is 1. The van der Waals surface area contributed by atoms with Gasteiger partial charge in [0, 0.05) is 12.2 Å². The Hall–Kier alpha value is -2.33. The first-order valence-corrected chi connectivity index (χ1v) is 10.2. The second kappa shape index (κ2) is 9.24. The molecule has 1 aliphatic heterocycles. The molecule has 1 aliphatic rings. The molecule has 2 aromatic rings. The van der Waals surface area contributed by atoms with Gasteiger partial charge in [0.05, 0.1) is 0 Å². The van der Waals surface area contributed by atoms with Crippen LogP contribution in [0, 0.1) is 26.7 Å². The molecule has 1 heterocycles. The van der Waals surface area contributed by atoms with E-state index in [0.717, 1.165) is 35.0 Å². The summed E-state index contributed by atoms with van der Waals surface area (Å²) in [4.78, 5) is 14.8. The topological polar surface area (TPSA) is 41.6 Å². The van der Waals surface area contributed by atoms with E-state index in [2.05, 4.69) is 35.3 Å². The van der Waals surface area contributed by atoms with Gasteiger partial charge in [-0.2, -0.15) is 0 Å². The van der Waals surface area contributed by atoms with Crippen molar-refractivity contribution in [2.45, 2.75) is 47.1 Å². The van der Waals surface area contributed by atoms with E-state index in [4.69, 9.17) is 4.74 Å². The molecule has 3 rings (SSSR count). The fourth-order valence-electron chi connectivity index (χ4n) is 3.65. The number of hydrogen-bond donors (Lipinski definition) is 1. The fourth-order valence-corrected chi connectivity index (χ4v) is 3.65. The number of nitrogens with one attached hydrogen (secondary N) is 1. The third kappa shape index (κ3) is 5.35. The summed E-state index contributed by atoms with van der Waals surface area (Å²) in [5.74, 6) is 1.52. The second-order valence-corrected chi connectivity index (χ2v) is 8.15. The summed E-state index contributed by atoms with van der Waals surface area (Å²) >= 11 is 0. The number of ether oxygens (including phenoxy) is 1. The van der Waals surface area contributed by atoms with E-state index in [1.807, 2.05) is 39.0 Å². The van der Waals surface area contributed by atoms with Crippen LogP contribution in [0.5, 0.6) is 5.75 Å². The summed E-state index contributed by atoms with van der Waals surface area (Å²) < 4.78 is 5.80. The van der Waals surface area contributed by atoms with Crippen LogP contribution in [-0.4, -0.2) is 30.5 Å². The van der Waals surface area contributed by atoms with Crippen LogP contribution in [0.3, 0.4) is 0 Å². The minimum atomic E-state index is -0.141. The number of rotatable bonds is 6. The van der Waals surface area contributed by atoms with Gasteiger partial charge >= 0.3 is 0 Å². The van der Waals surface area contributed by atoms with Crippen molar-refractivity contribution in [2.24, 2.45) is 5.92 Å². The van der Waals surface area contributed by atoms with Gasteiger partial charge in [-0.3, -0.25) is 9.69 Å². The molecule has 150 valence electrons. The number of aryl methyl sites for hydroxylation is 2. The minimum absolute atomic E-state index is 0.0127. The molecule has 0 bridgehead atoms. The molecule has 0 aliphatic carbocycles. The third-order valence-electron chi connectivity index (χ3n) is 5.74. The van der Waals surface area contributed by atoms with Gasteiger partial charge in [0.25, 0.3) is 5.91 Å². The zero-order valence-corrected chi connectivity index (χ0v) is 17.5. The Labute approximate surface area is 168 Å². The Balaban J connectivity index is 1.50. The molecule has 1 N–H and O–H groups in total. The zero-order valence-electron chi connectivity index (χ0n) is 17.5. The SMILES string of the molecule is Cc1ccc(C)c(OCC(=O)Nc2ccc(CN3CCC(C)CC3)cc2)c1C. The van der Waals surface area contributed by atoms with Crippen molar-refractivity contribution in [3.8, 4) is 5.75 Å². The minimum Gasteiger partial charge on any atom is -0.483 e. The summed E-state index contributed by atoms with van der Waals surface area (Å²) in [6.07, 6.45) is 2.57. The number of amides is 1. The predicted octanol–water partition coefficient (Wildman–Crippen LogP) is 4.86. The monoisotopic (exact) mass is 380 g/mol. The Kier molecular flexibility index (Phi) is 6.74. The Bertz CT molecular complexity index is 806.